The van der Waals surface area contributed by atoms with Crippen molar-refractivity contribution in [3.05, 3.63) is 23.8 Å². The first-order chi connectivity index (χ1) is 13.9. The summed E-state index contributed by atoms with van der Waals surface area (Å²) in [6, 6.07) is 4.04. The molecule has 8 heteroatoms. The highest BCUT2D eigenvalue weighted by Crippen LogP contribution is 2.40. The second-order valence-corrected chi connectivity index (χ2v) is 9.40. The predicted octanol–water partition coefficient (Wildman–Crippen LogP) is 5.15. The van der Waals surface area contributed by atoms with E-state index in [1.807, 2.05) is 25.7 Å². The average Bonchev–Trinajstić information content (AvgIpc) is 2.66. The fourth-order valence-electron chi connectivity index (χ4n) is 4.55. The van der Waals surface area contributed by atoms with Gasteiger partial charge in [-0.15, -0.1) is 0 Å². The van der Waals surface area contributed by atoms with Gasteiger partial charge in [0.05, 0.1) is 5.56 Å². The van der Waals surface area contributed by atoms with Crippen LogP contribution in [0, 0.1) is 11.8 Å². The van der Waals surface area contributed by atoms with Crippen molar-refractivity contribution in [3.8, 4) is 0 Å². The molecule has 1 aromatic carbocycles. The molecule has 2 N–H and O–H groups in total. The van der Waals surface area contributed by atoms with Gasteiger partial charge in [0, 0.05) is 37.6 Å². The summed E-state index contributed by atoms with van der Waals surface area (Å²) in [7, 11) is 0. The number of carbonyl (C=O) groups is 1. The van der Waals surface area contributed by atoms with Crippen molar-refractivity contribution in [1.82, 2.24) is 4.90 Å². The number of ether oxygens (including phenoxy) is 1. The van der Waals surface area contributed by atoms with Crippen molar-refractivity contribution in [2.75, 3.05) is 36.8 Å². The zero-order valence-electron chi connectivity index (χ0n) is 18.0. The molecule has 30 heavy (non-hydrogen) atoms. The number of hydrogen-bond donors (Lipinski definition) is 1. The van der Waals surface area contributed by atoms with Gasteiger partial charge in [0.1, 0.15) is 5.60 Å². The van der Waals surface area contributed by atoms with Crippen LogP contribution in [0.5, 0.6) is 0 Å². The summed E-state index contributed by atoms with van der Waals surface area (Å²) in [5.41, 5.74) is 4.76. The molecule has 0 saturated carbocycles. The standard InChI is InChI=1S/C22H32F3N3O2/c1-21(2,3)30-20(29)28-12-8-16(9-13-28)15-6-10-27(11-7-15)19-5-4-17(26)14-18(19)22(23,24)25/h4-5,14-16H,6-13,26H2,1-3H3. The van der Waals surface area contributed by atoms with Gasteiger partial charge in [-0.25, -0.2) is 4.79 Å². The molecule has 0 bridgehead atoms. The fourth-order valence-corrected chi connectivity index (χ4v) is 4.55. The molecule has 3 rings (SSSR count). The molecule has 2 heterocycles. The topological polar surface area (TPSA) is 58.8 Å². The van der Waals surface area contributed by atoms with Crippen LogP contribution in [0.25, 0.3) is 0 Å². The Morgan fingerprint density at radius 1 is 1.00 bits per heavy atom. The molecule has 2 aliphatic rings. The number of benzene rings is 1. The molecule has 0 spiro atoms. The van der Waals surface area contributed by atoms with E-state index in [4.69, 9.17) is 10.5 Å². The highest BCUT2D eigenvalue weighted by Gasteiger charge is 2.37. The Morgan fingerprint density at radius 2 is 1.53 bits per heavy atom. The third-order valence-electron chi connectivity index (χ3n) is 6.06. The summed E-state index contributed by atoms with van der Waals surface area (Å²) in [5, 5.41) is 0. The normalized spacial score (nSPS) is 19.8. The Morgan fingerprint density at radius 3 is 2.03 bits per heavy atom. The smallest absolute Gasteiger partial charge is 0.418 e. The van der Waals surface area contributed by atoms with Crippen LogP contribution in [0.4, 0.5) is 29.3 Å². The van der Waals surface area contributed by atoms with Gasteiger partial charge < -0.3 is 20.3 Å². The number of anilines is 2. The first kappa shape index (κ1) is 22.6. The van der Waals surface area contributed by atoms with Crippen LogP contribution in [0.2, 0.25) is 0 Å². The Kier molecular flexibility index (Phi) is 6.43. The number of nitrogen functional groups attached to an aromatic ring is 1. The van der Waals surface area contributed by atoms with E-state index in [1.165, 1.54) is 12.1 Å². The third-order valence-corrected chi connectivity index (χ3v) is 6.06. The summed E-state index contributed by atoms with van der Waals surface area (Å²) in [6.45, 7) is 8.13. The van der Waals surface area contributed by atoms with Crippen molar-refractivity contribution in [1.29, 1.82) is 0 Å². The van der Waals surface area contributed by atoms with Gasteiger partial charge >= 0.3 is 12.3 Å². The van der Waals surface area contributed by atoms with Crippen molar-refractivity contribution in [2.24, 2.45) is 11.8 Å². The van der Waals surface area contributed by atoms with Gasteiger partial charge in [-0.3, -0.25) is 0 Å². The van der Waals surface area contributed by atoms with Crippen LogP contribution >= 0.6 is 0 Å². The number of hydrogen-bond acceptors (Lipinski definition) is 4. The van der Waals surface area contributed by atoms with E-state index in [1.54, 1.807) is 4.90 Å². The molecule has 2 fully saturated rings. The highest BCUT2D eigenvalue weighted by molar-refractivity contribution is 5.68. The van der Waals surface area contributed by atoms with Crippen molar-refractivity contribution in [3.63, 3.8) is 0 Å². The summed E-state index contributed by atoms with van der Waals surface area (Å²) in [5.74, 6) is 0.976. The summed E-state index contributed by atoms with van der Waals surface area (Å²) < 4.78 is 45.7. The van der Waals surface area contributed by atoms with Crippen LogP contribution in [0.15, 0.2) is 18.2 Å². The van der Waals surface area contributed by atoms with Gasteiger partial charge in [0.15, 0.2) is 0 Å². The maximum absolute atomic E-state index is 13.4. The van der Waals surface area contributed by atoms with E-state index in [0.29, 0.717) is 38.0 Å². The largest absolute Gasteiger partial charge is 0.444 e. The lowest BCUT2D eigenvalue weighted by Gasteiger charge is -2.41. The van der Waals surface area contributed by atoms with Crippen molar-refractivity contribution < 1.29 is 22.7 Å². The average molecular weight is 428 g/mol. The second-order valence-electron chi connectivity index (χ2n) is 9.40. The van der Waals surface area contributed by atoms with Crippen LogP contribution in [0.1, 0.15) is 52.0 Å². The summed E-state index contributed by atoms with van der Waals surface area (Å²) in [6.07, 6.45) is -1.13. The van der Waals surface area contributed by atoms with Gasteiger partial charge in [-0.1, -0.05) is 0 Å². The molecule has 1 aromatic rings. The molecule has 0 atom stereocenters. The monoisotopic (exact) mass is 427 g/mol. The SMILES string of the molecule is CC(C)(C)OC(=O)N1CCC(C2CCN(c3ccc(N)cc3C(F)(F)F)CC2)CC1. The quantitative estimate of drug-likeness (QED) is 0.663. The van der Waals surface area contributed by atoms with E-state index < -0.39 is 17.3 Å². The van der Waals surface area contributed by atoms with Crippen molar-refractivity contribution in [2.45, 2.75) is 58.2 Å². The molecular weight excluding hydrogens is 395 g/mol. The Hall–Kier alpha value is -2.12. The molecule has 0 aromatic heterocycles. The Labute approximate surface area is 176 Å². The summed E-state index contributed by atoms with van der Waals surface area (Å²) >= 11 is 0. The lowest BCUT2D eigenvalue weighted by molar-refractivity contribution is -0.137. The molecule has 0 aliphatic carbocycles. The molecule has 5 nitrogen and oxygen atoms in total. The lowest BCUT2D eigenvalue weighted by atomic mass is 9.78. The van der Waals surface area contributed by atoms with Crippen LogP contribution in [0.3, 0.4) is 0 Å². The van der Waals surface area contributed by atoms with E-state index in [-0.39, 0.29) is 17.5 Å². The number of nitrogens with zero attached hydrogens (tertiary/aromatic N) is 2. The minimum atomic E-state index is -4.42. The number of likely N-dealkylation sites (tertiary alicyclic amines) is 1. The molecule has 2 saturated heterocycles. The number of carbonyl (C=O) groups excluding carboxylic acids is 1. The second kappa shape index (κ2) is 8.55. The van der Waals surface area contributed by atoms with Crippen LogP contribution in [-0.2, 0) is 10.9 Å². The van der Waals surface area contributed by atoms with Gasteiger partial charge in [0.2, 0.25) is 0 Å². The number of halogens is 3. The van der Waals surface area contributed by atoms with Crippen LogP contribution < -0.4 is 10.6 Å². The predicted molar refractivity (Wildman–Crippen MR) is 111 cm³/mol. The molecular formula is C22H32F3N3O2. The molecule has 0 unspecified atom stereocenters. The zero-order chi connectivity index (χ0) is 22.1. The maximum Gasteiger partial charge on any atom is 0.418 e. The van der Waals surface area contributed by atoms with Gasteiger partial charge in [-0.05, 0) is 76.5 Å². The van der Waals surface area contributed by atoms with Gasteiger partial charge in [0.25, 0.3) is 0 Å². The van der Waals surface area contributed by atoms with E-state index >= 15 is 0 Å². The molecule has 2 aliphatic heterocycles. The lowest BCUT2D eigenvalue weighted by Crippen LogP contribution is -2.44. The summed E-state index contributed by atoms with van der Waals surface area (Å²) in [4.78, 5) is 15.8. The van der Waals surface area contributed by atoms with Gasteiger partial charge in [-0.2, -0.15) is 13.2 Å². The maximum atomic E-state index is 13.4. The number of nitrogens with two attached hydrogens (primary N) is 1. The number of piperidine rings is 2. The van der Waals surface area contributed by atoms with E-state index in [2.05, 4.69) is 0 Å². The molecule has 1 amide bonds. The Bertz CT molecular complexity index is 745. The van der Waals surface area contributed by atoms with E-state index in [0.717, 1.165) is 31.7 Å². The number of amides is 1. The zero-order valence-corrected chi connectivity index (χ0v) is 18.0. The number of rotatable bonds is 2. The minimum absolute atomic E-state index is 0.123. The Balaban J connectivity index is 1.54. The first-order valence-corrected chi connectivity index (χ1v) is 10.6. The molecule has 168 valence electrons. The minimum Gasteiger partial charge on any atom is -0.444 e. The highest BCUT2D eigenvalue weighted by atomic mass is 19.4. The fraction of sp³-hybridized carbons (Fsp3) is 0.682. The van der Waals surface area contributed by atoms with Crippen molar-refractivity contribution >= 4 is 17.5 Å². The van der Waals surface area contributed by atoms with Crippen LogP contribution in [-0.4, -0.2) is 42.8 Å². The first-order valence-electron chi connectivity index (χ1n) is 10.6. The number of alkyl halides is 3. The van der Waals surface area contributed by atoms with E-state index in [9.17, 15) is 18.0 Å². The molecule has 0 radical (unpaired) electrons. The third kappa shape index (κ3) is 5.52.